The van der Waals surface area contributed by atoms with E-state index in [0.717, 1.165) is 41.4 Å². The predicted molar refractivity (Wildman–Crippen MR) is 155 cm³/mol. The highest BCUT2D eigenvalue weighted by Gasteiger charge is 2.60. The molecule has 0 bridgehead atoms. The normalized spacial score (nSPS) is 40.0. The number of ether oxygens (including phenoxy) is 1. The molecule has 0 radical (unpaired) electrons. The summed E-state index contributed by atoms with van der Waals surface area (Å²) >= 11 is 0. The summed E-state index contributed by atoms with van der Waals surface area (Å²) in [4.78, 5) is 13.8. The van der Waals surface area contributed by atoms with Crippen LogP contribution in [0.3, 0.4) is 0 Å². The molecule has 4 fully saturated rings. The van der Waals surface area contributed by atoms with Crippen LogP contribution in [0.25, 0.3) is 0 Å². The Bertz CT molecular complexity index is 806. The third kappa shape index (κ3) is 5.87. The van der Waals surface area contributed by atoms with Gasteiger partial charge in [-0.1, -0.05) is 60.5 Å². The van der Waals surface area contributed by atoms with Crippen LogP contribution in [0.1, 0.15) is 119 Å². The van der Waals surface area contributed by atoms with Crippen molar-refractivity contribution in [3.05, 3.63) is 12.2 Å². The fraction of sp³-hybridized carbons (Fsp3) is 0.912. The lowest BCUT2D eigenvalue weighted by Gasteiger charge is -2.61. The summed E-state index contributed by atoms with van der Waals surface area (Å²) in [6, 6.07) is 0. The lowest BCUT2D eigenvalue weighted by atomic mass is 9.44. The minimum absolute atomic E-state index is 0.0292. The highest BCUT2D eigenvalue weighted by Crippen LogP contribution is 2.68. The zero-order valence-corrected chi connectivity index (χ0v) is 25.5. The maximum atomic E-state index is 12.1. The van der Waals surface area contributed by atoms with Gasteiger partial charge in [0, 0.05) is 19.2 Å². The van der Waals surface area contributed by atoms with E-state index in [-0.39, 0.29) is 5.91 Å². The van der Waals surface area contributed by atoms with Gasteiger partial charge in [0.25, 0.3) is 0 Å². The predicted octanol–water partition coefficient (Wildman–Crippen LogP) is 8.53. The van der Waals surface area contributed by atoms with E-state index in [1.165, 1.54) is 77.0 Å². The van der Waals surface area contributed by atoms with Crippen LogP contribution in [0.15, 0.2) is 12.2 Å². The van der Waals surface area contributed by atoms with Crippen LogP contribution in [0.2, 0.25) is 0 Å². The maximum absolute atomic E-state index is 12.1. The average Bonchev–Trinajstić information content (AvgIpc) is 3.20. The molecule has 4 rings (SSSR count). The lowest BCUT2D eigenvalue weighted by molar-refractivity contribution is -0.138. The summed E-state index contributed by atoms with van der Waals surface area (Å²) in [5, 5.41) is 0. The molecule has 0 N–H and O–H groups in total. The first-order chi connectivity index (χ1) is 17.5. The van der Waals surface area contributed by atoms with Gasteiger partial charge < -0.3 is 9.64 Å². The molecule has 0 aliphatic heterocycles. The molecule has 1 amide bonds. The average molecular weight is 514 g/mol. The van der Waals surface area contributed by atoms with Gasteiger partial charge in [-0.25, -0.2) is 0 Å². The Morgan fingerprint density at radius 2 is 1.68 bits per heavy atom. The van der Waals surface area contributed by atoms with Crippen molar-refractivity contribution in [3.8, 4) is 0 Å². The smallest absolute Gasteiger partial charge is 0.248 e. The maximum Gasteiger partial charge on any atom is 0.248 e. The molecule has 0 aromatic rings. The third-order valence-corrected chi connectivity index (χ3v) is 12.3. The van der Waals surface area contributed by atoms with Crippen LogP contribution in [-0.4, -0.2) is 37.1 Å². The molecule has 0 heterocycles. The van der Waals surface area contributed by atoms with Gasteiger partial charge in [-0.15, -0.1) is 0 Å². The number of carbonyl (C=O) groups excluding carboxylic acids is 1. The van der Waals surface area contributed by atoms with Gasteiger partial charge in [0.05, 0.1) is 12.7 Å². The SMILES string of the molecule is C=C(C)C(=O)N(C)CCO[C@H]1CC[C@@]2(C)[C@@H](CC[C@@H]3[C@@H]2CC[C@]2(C)[C@@H]([C@H](C)CCCC(C)C)CC[C@@H]32)C1. The highest BCUT2D eigenvalue weighted by molar-refractivity contribution is 5.91. The first-order valence-electron chi connectivity index (χ1n) is 16.0. The van der Waals surface area contributed by atoms with Crippen molar-refractivity contribution < 1.29 is 9.53 Å². The summed E-state index contributed by atoms with van der Waals surface area (Å²) in [6.45, 7) is 19.6. The summed E-state index contributed by atoms with van der Waals surface area (Å²) in [5.41, 5.74) is 1.71. The van der Waals surface area contributed by atoms with Gasteiger partial charge >= 0.3 is 0 Å². The molecule has 0 unspecified atom stereocenters. The van der Waals surface area contributed by atoms with Crippen molar-refractivity contribution in [2.24, 2.45) is 52.3 Å². The van der Waals surface area contributed by atoms with Crippen LogP contribution in [0, 0.1) is 52.3 Å². The van der Waals surface area contributed by atoms with Gasteiger partial charge in [0.15, 0.2) is 0 Å². The summed E-state index contributed by atoms with van der Waals surface area (Å²) < 4.78 is 6.36. The van der Waals surface area contributed by atoms with Crippen LogP contribution in [0.4, 0.5) is 0 Å². The molecule has 4 aliphatic rings. The molecule has 0 aromatic heterocycles. The standard InChI is InChI=1S/C34H59NO2/c1-23(2)10-9-11-25(5)29-14-15-30-28-13-12-26-22-27(37-21-20-35(8)32(36)24(3)4)16-18-33(26,6)31(28)17-19-34(29,30)7/h23,25-31H,3,9-22H2,1-2,4-8H3/t25-,26+,27+,28+,29-,30+,31+,33+,34-/m1/s1. The van der Waals surface area contributed by atoms with Gasteiger partial charge in [0.2, 0.25) is 5.91 Å². The molecule has 9 atom stereocenters. The second-order valence-corrected chi connectivity index (χ2v) is 15.0. The number of amides is 1. The number of carbonyl (C=O) groups is 1. The first kappa shape index (κ1) is 29.2. The van der Waals surface area contributed by atoms with Crippen molar-refractivity contribution in [3.63, 3.8) is 0 Å². The number of fused-ring (bicyclic) bond motifs is 5. The van der Waals surface area contributed by atoms with Gasteiger partial charge in [-0.3, -0.25) is 4.79 Å². The fourth-order valence-corrected chi connectivity index (χ4v) is 10.2. The summed E-state index contributed by atoms with van der Waals surface area (Å²) in [6.07, 6.45) is 17.2. The zero-order valence-electron chi connectivity index (χ0n) is 25.5. The molecule has 0 saturated heterocycles. The van der Waals surface area contributed by atoms with Crippen molar-refractivity contribution in [1.29, 1.82) is 0 Å². The fourth-order valence-electron chi connectivity index (χ4n) is 10.2. The van der Waals surface area contributed by atoms with E-state index < -0.39 is 0 Å². The van der Waals surface area contributed by atoms with Gasteiger partial charge in [0.1, 0.15) is 0 Å². The summed E-state index contributed by atoms with van der Waals surface area (Å²) in [5.74, 6) is 6.41. The molecule has 3 nitrogen and oxygen atoms in total. The van der Waals surface area contributed by atoms with Crippen molar-refractivity contribution in [1.82, 2.24) is 4.90 Å². The van der Waals surface area contributed by atoms with Crippen LogP contribution >= 0.6 is 0 Å². The molecule has 0 spiro atoms. The van der Waals surface area contributed by atoms with E-state index in [0.29, 0.717) is 35.7 Å². The van der Waals surface area contributed by atoms with E-state index >= 15 is 0 Å². The Kier molecular flexibility index (Phi) is 9.24. The largest absolute Gasteiger partial charge is 0.376 e. The Balaban J connectivity index is 1.32. The molecule has 4 aliphatic carbocycles. The zero-order chi connectivity index (χ0) is 27.0. The van der Waals surface area contributed by atoms with E-state index in [1.807, 2.05) is 7.05 Å². The Labute approximate surface area is 229 Å². The number of hydrogen-bond donors (Lipinski definition) is 0. The molecule has 0 aromatic carbocycles. The minimum atomic E-state index is 0.0292. The lowest BCUT2D eigenvalue weighted by Crippen LogP contribution is -2.54. The molecule has 4 saturated carbocycles. The molecule has 212 valence electrons. The van der Waals surface area contributed by atoms with Crippen LogP contribution in [0.5, 0.6) is 0 Å². The topological polar surface area (TPSA) is 29.5 Å². The van der Waals surface area contributed by atoms with Crippen LogP contribution < -0.4 is 0 Å². The second kappa shape index (κ2) is 11.7. The third-order valence-electron chi connectivity index (χ3n) is 12.3. The number of likely N-dealkylation sites (N-methyl/N-ethyl adjacent to an activating group) is 1. The van der Waals surface area contributed by atoms with E-state index in [1.54, 1.807) is 11.8 Å². The van der Waals surface area contributed by atoms with Crippen molar-refractivity contribution >= 4 is 5.91 Å². The minimum Gasteiger partial charge on any atom is -0.376 e. The van der Waals surface area contributed by atoms with Gasteiger partial charge in [-0.05, 0) is 117 Å². The Morgan fingerprint density at radius 3 is 2.38 bits per heavy atom. The Hall–Kier alpha value is -0.830. The highest BCUT2D eigenvalue weighted by atomic mass is 16.5. The molecular formula is C34H59NO2. The van der Waals surface area contributed by atoms with Crippen LogP contribution in [-0.2, 0) is 9.53 Å². The monoisotopic (exact) mass is 513 g/mol. The molecule has 37 heavy (non-hydrogen) atoms. The number of rotatable bonds is 10. The van der Waals surface area contributed by atoms with E-state index in [9.17, 15) is 4.79 Å². The quantitative estimate of drug-likeness (QED) is 0.274. The number of hydrogen-bond acceptors (Lipinski definition) is 2. The van der Waals surface area contributed by atoms with E-state index in [2.05, 4.69) is 41.2 Å². The van der Waals surface area contributed by atoms with Crippen molar-refractivity contribution in [2.45, 2.75) is 125 Å². The first-order valence-corrected chi connectivity index (χ1v) is 16.0. The molecular weight excluding hydrogens is 454 g/mol. The number of nitrogens with zero attached hydrogens (tertiary/aromatic N) is 1. The van der Waals surface area contributed by atoms with E-state index in [4.69, 9.17) is 4.74 Å². The van der Waals surface area contributed by atoms with Crippen molar-refractivity contribution in [2.75, 3.05) is 20.2 Å². The summed E-state index contributed by atoms with van der Waals surface area (Å²) in [7, 11) is 1.86. The Morgan fingerprint density at radius 1 is 0.973 bits per heavy atom. The second-order valence-electron chi connectivity index (χ2n) is 15.0. The van der Waals surface area contributed by atoms with Gasteiger partial charge in [-0.2, -0.15) is 0 Å². The molecule has 3 heteroatoms.